The maximum Gasteiger partial charge on any atom is 0.115 e. The Hall–Kier alpha value is -1.57. The average molecular weight is 217 g/mol. The first-order valence-electron chi connectivity index (χ1n) is 5.42. The standard InChI is InChI=1S/C12H15N3O/c13-7-11-8-14-4-5-15(11)9-10-2-1-3-12(16)6-10/h1-3,6,11,14,16H,4-5,8-9H2. The van der Waals surface area contributed by atoms with Gasteiger partial charge in [-0.05, 0) is 17.7 Å². The average Bonchev–Trinajstić information content (AvgIpc) is 2.30. The van der Waals surface area contributed by atoms with Gasteiger partial charge in [0.1, 0.15) is 11.8 Å². The molecule has 1 aromatic rings. The molecule has 0 amide bonds. The number of nitrogens with zero attached hydrogens (tertiary/aromatic N) is 2. The van der Waals surface area contributed by atoms with Gasteiger partial charge in [0, 0.05) is 26.2 Å². The van der Waals surface area contributed by atoms with E-state index in [1.54, 1.807) is 12.1 Å². The smallest absolute Gasteiger partial charge is 0.115 e. The van der Waals surface area contributed by atoms with Gasteiger partial charge < -0.3 is 10.4 Å². The Kier molecular flexibility index (Phi) is 3.40. The molecule has 1 atom stereocenters. The largest absolute Gasteiger partial charge is 0.508 e. The molecule has 2 rings (SSSR count). The van der Waals surface area contributed by atoms with Gasteiger partial charge in [0.05, 0.1) is 6.07 Å². The highest BCUT2D eigenvalue weighted by atomic mass is 16.3. The van der Waals surface area contributed by atoms with Gasteiger partial charge in [-0.3, -0.25) is 4.90 Å². The van der Waals surface area contributed by atoms with E-state index in [-0.39, 0.29) is 11.8 Å². The minimum Gasteiger partial charge on any atom is -0.508 e. The van der Waals surface area contributed by atoms with E-state index in [0.29, 0.717) is 6.54 Å². The first-order chi connectivity index (χ1) is 7.79. The number of hydrogen-bond acceptors (Lipinski definition) is 4. The van der Waals surface area contributed by atoms with Crippen LogP contribution in [0.15, 0.2) is 24.3 Å². The van der Waals surface area contributed by atoms with Gasteiger partial charge in [-0.15, -0.1) is 0 Å². The van der Waals surface area contributed by atoms with E-state index in [2.05, 4.69) is 16.3 Å². The van der Waals surface area contributed by atoms with Crippen molar-refractivity contribution in [3.8, 4) is 11.8 Å². The third-order valence-corrected chi connectivity index (χ3v) is 2.80. The molecule has 0 aliphatic carbocycles. The lowest BCUT2D eigenvalue weighted by Gasteiger charge is -2.31. The molecule has 0 radical (unpaired) electrons. The molecule has 1 aliphatic heterocycles. The van der Waals surface area contributed by atoms with Crippen LogP contribution in [0.4, 0.5) is 0 Å². The Labute approximate surface area is 95.1 Å². The maximum atomic E-state index is 9.37. The summed E-state index contributed by atoms with van der Waals surface area (Å²) in [5.41, 5.74) is 1.04. The third kappa shape index (κ3) is 2.51. The third-order valence-electron chi connectivity index (χ3n) is 2.80. The molecular formula is C12H15N3O. The van der Waals surface area contributed by atoms with Crippen molar-refractivity contribution >= 4 is 0 Å². The van der Waals surface area contributed by atoms with Crippen LogP contribution in [-0.4, -0.2) is 35.7 Å². The molecule has 84 valence electrons. The number of nitriles is 1. The topological polar surface area (TPSA) is 59.3 Å². The lowest BCUT2D eigenvalue weighted by atomic mass is 10.1. The van der Waals surface area contributed by atoms with Crippen LogP contribution < -0.4 is 5.32 Å². The molecular weight excluding hydrogens is 202 g/mol. The SMILES string of the molecule is N#CC1CNCCN1Cc1cccc(O)c1. The summed E-state index contributed by atoms with van der Waals surface area (Å²) in [5.74, 6) is 0.279. The van der Waals surface area contributed by atoms with Gasteiger partial charge in [0.2, 0.25) is 0 Å². The minimum absolute atomic E-state index is 0.0731. The monoisotopic (exact) mass is 217 g/mol. The Morgan fingerprint density at radius 2 is 2.44 bits per heavy atom. The fourth-order valence-electron chi connectivity index (χ4n) is 1.95. The van der Waals surface area contributed by atoms with Crippen molar-refractivity contribution in [2.45, 2.75) is 12.6 Å². The van der Waals surface area contributed by atoms with Gasteiger partial charge >= 0.3 is 0 Å². The van der Waals surface area contributed by atoms with E-state index in [1.807, 2.05) is 12.1 Å². The van der Waals surface area contributed by atoms with Crippen LogP contribution in [0.1, 0.15) is 5.56 Å². The highest BCUT2D eigenvalue weighted by Gasteiger charge is 2.21. The second-order valence-electron chi connectivity index (χ2n) is 3.99. The van der Waals surface area contributed by atoms with Gasteiger partial charge in [-0.25, -0.2) is 0 Å². The molecule has 1 aliphatic rings. The van der Waals surface area contributed by atoms with Crippen molar-refractivity contribution in [3.05, 3.63) is 29.8 Å². The number of nitrogens with one attached hydrogen (secondary N) is 1. The molecule has 4 heteroatoms. The van der Waals surface area contributed by atoms with Gasteiger partial charge in [0.25, 0.3) is 0 Å². The molecule has 1 heterocycles. The summed E-state index contributed by atoms with van der Waals surface area (Å²) in [6.07, 6.45) is 0. The van der Waals surface area contributed by atoms with Crippen LogP contribution >= 0.6 is 0 Å². The number of benzene rings is 1. The summed E-state index contributed by atoms with van der Waals surface area (Å²) in [6.45, 7) is 3.22. The summed E-state index contributed by atoms with van der Waals surface area (Å²) in [4.78, 5) is 2.13. The second kappa shape index (κ2) is 4.97. The highest BCUT2D eigenvalue weighted by Crippen LogP contribution is 2.14. The van der Waals surface area contributed by atoms with E-state index in [9.17, 15) is 5.11 Å². The number of hydrogen-bond donors (Lipinski definition) is 2. The van der Waals surface area contributed by atoms with Crippen molar-refractivity contribution in [2.75, 3.05) is 19.6 Å². The first-order valence-corrected chi connectivity index (χ1v) is 5.42. The van der Waals surface area contributed by atoms with E-state index >= 15 is 0 Å². The summed E-state index contributed by atoms with van der Waals surface area (Å²) in [6, 6.07) is 9.42. The minimum atomic E-state index is -0.0731. The van der Waals surface area contributed by atoms with E-state index in [1.165, 1.54) is 0 Å². The number of rotatable bonds is 2. The molecule has 4 nitrogen and oxygen atoms in total. The normalized spacial score (nSPS) is 21.6. The van der Waals surface area contributed by atoms with Gasteiger partial charge in [-0.1, -0.05) is 12.1 Å². The molecule has 1 unspecified atom stereocenters. The summed E-state index contributed by atoms with van der Waals surface area (Å²) in [5, 5.41) is 21.6. The number of phenolic OH excluding ortho intramolecular Hbond substituents is 1. The van der Waals surface area contributed by atoms with Crippen LogP contribution in [0.2, 0.25) is 0 Å². The molecule has 0 aromatic heterocycles. The summed E-state index contributed by atoms with van der Waals surface area (Å²) >= 11 is 0. The molecule has 0 saturated carbocycles. The Bertz CT molecular complexity index is 399. The molecule has 1 aromatic carbocycles. The molecule has 1 saturated heterocycles. The van der Waals surface area contributed by atoms with Crippen molar-refractivity contribution < 1.29 is 5.11 Å². The Balaban J connectivity index is 2.05. The fourth-order valence-corrected chi connectivity index (χ4v) is 1.95. The van der Waals surface area contributed by atoms with Crippen LogP contribution in [0.3, 0.4) is 0 Å². The highest BCUT2D eigenvalue weighted by molar-refractivity contribution is 5.27. The number of aromatic hydroxyl groups is 1. The molecule has 2 N–H and O–H groups in total. The van der Waals surface area contributed by atoms with Crippen LogP contribution in [-0.2, 0) is 6.54 Å². The predicted molar refractivity (Wildman–Crippen MR) is 60.8 cm³/mol. The zero-order chi connectivity index (χ0) is 11.4. The number of piperazine rings is 1. The quantitative estimate of drug-likeness (QED) is 0.765. The van der Waals surface area contributed by atoms with Crippen LogP contribution in [0.25, 0.3) is 0 Å². The van der Waals surface area contributed by atoms with Crippen LogP contribution in [0, 0.1) is 11.3 Å². The van der Waals surface area contributed by atoms with Crippen molar-refractivity contribution in [2.24, 2.45) is 0 Å². The van der Waals surface area contributed by atoms with Crippen LogP contribution in [0.5, 0.6) is 5.75 Å². The van der Waals surface area contributed by atoms with Gasteiger partial charge in [0.15, 0.2) is 0 Å². The zero-order valence-corrected chi connectivity index (χ0v) is 9.06. The van der Waals surface area contributed by atoms with E-state index in [0.717, 1.165) is 25.2 Å². The van der Waals surface area contributed by atoms with Crippen molar-refractivity contribution in [3.63, 3.8) is 0 Å². The lowest BCUT2D eigenvalue weighted by molar-refractivity contribution is 0.189. The fraction of sp³-hybridized carbons (Fsp3) is 0.417. The molecule has 0 spiro atoms. The molecule has 0 bridgehead atoms. The Morgan fingerprint density at radius 1 is 1.56 bits per heavy atom. The van der Waals surface area contributed by atoms with Crippen molar-refractivity contribution in [1.82, 2.24) is 10.2 Å². The Morgan fingerprint density at radius 3 is 3.19 bits per heavy atom. The van der Waals surface area contributed by atoms with Gasteiger partial charge in [-0.2, -0.15) is 5.26 Å². The molecule has 16 heavy (non-hydrogen) atoms. The summed E-state index contributed by atoms with van der Waals surface area (Å²) in [7, 11) is 0. The second-order valence-corrected chi connectivity index (χ2v) is 3.99. The first kappa shape index (κ1) is 10.9. The van der Waals surface area contributed by atoms with E-state index < -0.39 is 0 Å². The maximum absolute atomic E-state index is 9.37. The number of phenols is 1. The van der Waals surface area contributed by atoms with E-state index in [4.69, 9.17) is 5.26 Å². The lowest BCUT2D eigenvalue weighted by Crippen LogP contribution is -2.49. The predicted octanol–water partition coefficient (Wildman–Crippen LogP) is 0.690. The molecule has 1 fully saturated rings. The summed E-state index contributed by atoms with van der Waals surface area (Å²) < 4.78 is 0. The van der Waals surface area contributed by atoms with Crippen molar-refractivity contribution in [1.29, 1.82) is 5.26 Å². The zero-order valence-electron chi connectivity index (χ0n) is 9.06.